The van der Waals surface area contributed by atoms with E-state index in [1.807, 2.05) is 17.4 Å². The molecule has 39 heavy (non-hydrogen) atoms. The first-order valence-corrected chi connectivity index (χ1v) is 14.0. The van der Waals surface area contributed by atoms with Crippen LogP contribution in [0.4, 0.5) is 23.3 Å². The lowest BCUT2D eigenvalue weighted by Crippen LogP contribution is -2.49. The molecule has 0 bridgehead atoms. The quantitative estimate of drug-likeness (QED) is 0.257. The second kappa shape index (κ2) is 11.3. The van der Waals surface area contributed by atoms with Gasteiger partial charge in [0, 0.05) is 64.2 Å². The number of benzene rings is 1. The van der Waals surface area contributed by atoms with Crippen molar-refractivity contribution in [1.29, 1.82) is 0 Å². The molecule has 13 heteroatoms. The monoisotopic (exact) mass is 550 g/mol. The van der Waals surface area contributed by atoms with Crippen LogP contribution in [0.15, 0.2) is 47.1 Å². The van der Waals surface area contributed by atoms with E-state index >= 15 is 0 Å². The maximum Gasteiger partial charge on any atom is 0.259 e. The number of piperidine rings is 1. The van der Waals surface area contributed by atoms with Gasteiger partial charge in [0.1, 0.15) is 12.2 Å². The van der Waals surface area contributed by atoms with Crippen LogP contribution in [0.2, 0.25) is 0 Å². The Morgan fingerprint density at radius 1 is 1.05 bits per heavy atom. The molecule has 2 N–H and O–H groups in total. The van der Waals surface area contributed by atoms with Gasteiger partial charge in [-0.15, -0.1) is 5.10 Å². The van der Waals surface area contributed by atoms with Gasteiger partial charge in [0.05, 0.1) is 13.4 Å². The topological polar surface area (TPSA) is 117 Å². The first kappa shape index (κ1) is 25.7. The van der Waals surface area contributed by atoms with Crippen LogP contribution in [0, 0.1) is 5.92 Å². The minimum atomic E-state index is 0.274. The van der Waals surface area contributed by atoms with Crippen LogP contribution in [0.5, 0.6) is 0 Å². The van der Waals surface area contributed by atoms with Crippen molar-refractivity contribution in [2.75, 3.05) is 79.8 Å². The zero-order valence-corrected chi connectivity index (χ0v) is 23.1. The summed E-state index contributed by atoms with van der Waals surface area (Å²) in [6, 6.07) is 12.3. The van der Waals surface area contributed by atoms with Crippen molar-refractivity contribution < 1.29 is 8.60 Å². The molecule has 5 heterocycles. The van der Waals surface area contributed by atoms with Crippen molar-refractivity contribution in [2.45, 2.75) is 12.8 Å². The smallest absolute Gasteiger partial charge is 0.259 e. The summed E-state index contributed by atoms with van der Waals surface area (Å²) in [5.74, 6) is 2.89. The normalized spacial score (nSPS) is 18.7. The van der Waals surface area contributed by atoms with Crippen molar-refractivity contribution in [3.8, 4) is 11.6 Å². The van der Waals surface area contributed by atoms with Gasteiger partial charge in [-0.1, -0.05) is 0 Å². The summed E-state index contributed by atoms with van der Waals surface area (Å²) < 4.78 is 14.0. The minimum absolute atomic E-state index is 0.274. The van der Waals surface area contributed by atoms with E-state index in [4.69, 9.17) is 19.3 Å². The molecule has 1 unspecified atom stereocenters. The van der Waals surface area contributed by atoms with E-state index in [2.05, 4.69) is 54.0 Å². The molecule has 4 aromatic rings. The van der Waals surface area contributed by atoms with E-state index in [0.717, 1.165) is 57.9 Å². The van der Waals surface area contributed by atoms with Crippen molar-refractivity contribution in [3.63, 3.8) is 0 Å². The molecule has 0 saturated carbocycles. The molecule has 0 spiro atoms. The van der Waals surface area contributed by atoms with Crippen LogP contribution in [0.3, 0.4) is 0 Å². The maximum absolute atomic E-state index is 6.24. The number of nitrogen functional groups attached to an aromatic ring is 1. The number of furan rings is 1. The third-order valence-corrected chi connectivity index (χ3v) is 8.00. The van der Waals surface area contributed by atoms with Gasteiger partial charge in [-0.3, -0.25) is 9.21 Å². The molecule has 2 saturated heterocycles. The molecular weight excluding hydrogens is 516 g/mol. The Labute approximate surface area is 232 Å². The Morgan fingerprint density at radius 3 is 2.62 bits per heavy atom. The van der Waals surface area contributed by atoms with E-state index in [0.29, 0.717) is 29.2 Å². The number of rotatable bonds is 8. The second-order valence-corrected chi connectivity index (χ2v) is 11.0. The molecule has 0 amide bonds. The lowest BCUT2D eigenvalue weighted by Gasteiger charge is -2.40. The van der Waals surface area contributed by atoms with Crippen molar-refractivity contribution in [2.24, 2.45) is 5.92 Å². The standard InChI is InChI=1S/C26H34N10O2S/c1-32(39-37-2)20-7-9-21(10-8-20)34-14-12-33(13-15-34)17-19-5-3-11-35(18-19)25-29-24(27)36-26(30-25)28-23(31-36)22-6-4-16-38-22/h4,6-10,16,19H,3,5,11-15,17-18H2,1-2H3,(H2,27,28,29,30,31). The fourth-order valence-electron chi connectivity index (χ4n) is 5.42. The summed E-state index contributed by atoms with van der Waals surface area (Å²) in [6.07, 6.45) is 3.90. The summed E-state index contributed by atoms with van der Waals surface area (Å²) >= 11 is 1.33. The van der Waals surface area contributed by atoms with Crippen LogP contribution < -0.4 is 19.8 Å². The number of fused-ring (bicyclic) bond motifs is 1. The molecule has 2 aliphatic rings. The Hall–Kier alpha value is -3.55. The van der Waals surface area contributed by atoms with Gasteiger partial charge in [0.15, 0.2) is 5.76 Å². The molecular formula is C26H34N10O2S. The highest BCUT2D eigenvalue weighted by molar-refractivity contribution is 7.96. The van der Waals surface area contributed by atoms with Gasteiger partial charge in [-0.2, -0.15) is 19.5 Å². The number of nitrogens with two attached hydrogens (primary N) is 1. The van der Waals surface area contributed by atoms with Gasteiger partial charge in [0.25, 0.3) is 5.78 Å². The highest BCUT2D eigenvalue weighted by Gasteiger charge is 2.27. The highest BCUT2D eigenvalue weighted by Crippen LogP contribution is 2.27. The highest BCUT2D eigenvalue weighted by atomic mass is 32.2. The SMILES string of the molecule is COSN(C)c1ccc(N2CCN(CC3CCCN(c4nc(N)n5nc(-c6ccco6)nc5n4)C3)CC2)cc1. The molecule has 6 rings (SSSR count). The number of nitrogens with zero attached hydrogens (tertiary/aromatic N) is 9. The largest absolute Gasteiger partial charge is 0.461 e. The average Bonchev–Trinajstić information content (AvgIpc) is 3.65. The number of hydrogen-bond donors (Lipinski definition) is 1. The van der Waals surface area contributed by atoms with Crippen LogP contribution in [-0.2, 0) is 4.18 Å². The van der Waals surface area contributed by atoms with Gasteiger partial charge in [-0.05, 0) is 55.2 Å². The molecule has 1 aromatic carbocycles. The zero-order chi connectivity index (χ0) is 26.8. The van der Waals surface area contributed by atoms with Crippen LogP contribution >= 0.6 is 12.2 Å². The molecule has 1 atom stereocenters. The second-order valence-electron chi connectivity index (χ2n) is 10.0. The average molecular weight is 551 g/mol. The number of anilines is 4. The summed E-state index contributed by atoms with van der Waals surface area (Å²) in [7, 11) is 3.68. The maximum atomic E-state index is 6.24. The number of piperazine rings is 1. The van der Waals surface area contributed by atoms with E-state index in [1.54, 1.807) is 19.4 Å². The lowest BCUT2D eigenvalue weighted by molar-refractivity contribution is 0.205. The summed E-state index contributed by atoms with van der Waals surface area (Å²) in [6.45, 7) is 7.06. The minimum Gasteiger partial charge on any atom is -0.461 e. The molecule has 2 fully saturated rings. The Balaban J connectivity index is 1.05. The van der Waals surface area contributed by atoms with Crippen molar-refractivity contribution in [3.05, 3.63) is 42.7 Å². The van der Waals surface area contributed by atoms with Crippen LogP contribution in [-0.4, -0.2) is 89.4 Å². The van der Waals surface area contributed by atoms with Crippen LogP contribution in [0.1, 0.15) is 12.8 Å². The Bertz CT molecular complexity index is 1370. The van der Waals surface area contributed by atoms with E-state index in [9.17, 15) is 0 Å². The summed E-state index contributed by atoms with van der Waals surface area (Å²) in [5.41, 5.74) is 8.64. The van der Waals surface area contributed by atoms with Gasteiger partial charge in [-0.25, -0.2) is 0 Å². The summed E-state index contributed by atoms with van der Waals surface area (Å²) in [4.78, 5) is 21.1. The zero-order valence-electron chi connectivity index (χ0n) is 22.3. The number of aromatic nitrogens is 5. The van der Waals surface area contributed by atoms with Crippen molar-refractivity contribution in [1.82, 2.24) is 29.5 Å². The third-order valence-electron chi connectivity index (χ3n) is 7.42. The van der Waals surface area contributed by atoms with E-state index in [-0.39, 0.29) is 5.95 Å². The third kappa shape index (κ3) is 5.60. The summed E-state index contributed by atoms with van der Waals surface area (Å²) in [5, 5.41) is 4.41. The Kier molecular flexibility index (Phi) is 7.44. The first-order chi connectivity index (χ1) is 19.1. The van der Waals surface area contributed by atoms with Gasteiger partial charge < -0.3 is 24.1 Å². The Morgan fingerprint density at radius 2 is 1.87 bits per heavy atom. The number of hydrogen-bond acceptors (Lipinski definition) is 12. The fourth-order valence-corrected chi connectivity index (χ4v) is 5.85. The molecule has 3 aromatic heterocycles. The molecule has 206 valence electrons. The molecule has 2 aliphatic heterocycles. The van der Waals surface area contributed by atoms with Gasteiger partial charge in [0.2, 0.25) is 17.7 Å². The first-order valence-electron chi connectivity index (χ1n) is 13.3. The van der Waals surface area contributed by atoms with E-state index < -0.39 is 0 Å². The van der Waals surface area contributed by atoms with Gasteiger partial charge >= 0.3 is 0 Å². The predicted octanol–water partition coefficient (Wildman–Crippen LogP) is 3.05. The lowest BCUT2D eigenvalue weighted by atomic mass is 9.97. The molecule has 0 aliphatic carbocycles. The fraction of sp³-hybridized carbons (Fsp3) is 0.462. The van der Waals surface area contributed by atoms with E-state index in [1.165, 1.54) is 28.9 Å². The van der Waals surface area contributed by atoms with Crippen LogP contribution in [0.25, 0.3) is 17.4 Å². The predicted molar refractivity (Wildman–Crippen MR) is 154 cm³/mol. The molecule has 12 nitrogen and oxygen atoms in total. The molecule has 0 radical (unpaired) electrons. The van der Waals surface area contributed by atoms with Crippen molar-refractivity contribution >= 4 is 41.3 Å².